The van der Waals surface area contributed by atoms with Crippen LogP contribution in [0, 0.1) is 0 Å². The molecule has 0 amide bonds. The molecule has 1 heterocycles. The first-order valence-corrected chi connectivity index (χ1v) is 8.71. The molecule has 0 aliphatic rings. The number of hydrazine groups is 1. The van der Waals surface area contributed by atoms with Crippen molar-refractivity contribution in [3.05, 3.63) is 71.4 Å². The molecule has 0 fully saturated rings. The van der Waals surface area contributed by atoms with Crippen LogP contribution >= 0.6 is 0 Å². The highest BCUT2D eigenvalue weighted by Crippen LogP contribution is 2.28. The number of hydrogen-bond donors (Lipinski definition) is 2. The van der Waals surface area contributed by atoms with Crippen molar-refractivity contribution in [3.63, 3.8) is 0 Å². The van der Waals surface area contributed by atoms with Gasteiger partial charge in [0, 0.05) is 18.1 Å². The first kappa shape index (κ1) is 18.2. The second-order valence-electron chi connectivity index (χ2n) is 7.36. The maximum absolute atomic E-state index is 12.7. The van der Waals surface area contributed by atoms with Gasteiger partial charge < -0.3 is 4.74 Å². The van der Waals surface area contributed by atoms with Crippen molar-refractivity contribution >= 4 is 17.0 Å². The number of hydrogen-bond acceptors (Lipinski definition) is 4. The molecule has 0 saturated carbocycles. The van der Waals surface area contributed by atoms with Crippen LogP contribution in [0.15, 0.2) is 54.7 Å². The molecule has 3 aromatic rings. The van der Waals surface area contributed by atoms with Crippen molar-refractivity contribution in [1.29, 1.82) is 0 Å². The van der Waals surface area contributed by atoms with E-state index in [1.54, 1.807) is 4.57 Å². The molecule has 0 atom stereocenters. The van der Waals surface area contributed by atoms with E-state index < -0.39 is 5.60 Å². The first-order valence-electron chi connectivity index (χ1n) is 8.71. The molecular formula is C21H25N3O2. The summed E-state index contributed by atoms with van der Waals surface area (Å²) >= 11 is 0. The zero-order valence-corrected chi connectivity index (χ0v) is 15.5. The van der Waals surface area contributed by atoms with Gasteiger partial charge in [-0.3, -0.25) is 15.8 Å². The number of carbonyl (C=O) groups excluding carboxylic acids is 1. The van der Waals surface area contributed by atoms with Gasteiger partial charge >= 0.3 is 6.09 Å². The maximum Gasteiger partial charge on any atom is 0.419 e. The zero-order valence-electron chi connectivity index (χ0n) is 15.5. The smallest absolute Gasteiger partial charge is 0.419 e. The largest absolute Gasteiger partial charge is 0.443 e. The van der Waals surface area contributed by atoms with E-state index in [-0.39, 0.29) is 6.09 Å². The second kappa shape index (κ2) is 7.32. The quantitative estimate of drug-likeness (QED) is 0.551. The van der Waals surface area contributed by atoms with Gasteiger partial charge in [0.1, 0.15) is 5.60 Å². The van der Waals surface area contributed by atoms with Crippen molar-refractivity contribution in [2.24, 2.45) is 5.84 Å². The van der Waals surface area contributed by atoms with Crippen LogP contribution in [0.25, 0.3) is 10.9 Å². The summed E-state index contributed by atoms with van der Waals surface area (Å²) in [4.78, 5) is 12.7. The Bertz CT molecular complexity index is 908. The lowest BCUT2D eigenvalue weighted by molar-refractivity contribution is 0.0544. The Balaban J connectivity index is 2.11. The number of ether oxygens (including phenoxy) is 1. The normalized spacial score (nSPS) is 11.7. The number of nitrogens with two attached hydrogens (primary N) is 1. The van der Waals surface area contributed by atoms with Crippen molar-refractivity contribution in [3.8, 4) is 0 Å². The zero-order chi connectivity index (χ0) is 18.7. The number of nitrogens with zero attached hydrogens (tertiary/aromatic N) is 1. The summed E-state index contributed by atoms with van der Waals surface area (Å²) in [7, 11) is 0. The first-order chi connectivity index (χ1) is 12.4. The molecule has 0 unspecified atom stereocenters. The van der Waals surface area contributed by atoms with Gasteiger partial charge in [0.15, 0.2) is 0 Å². The molecule has 26 heavy (non-hydrogen) atoms. The molecule has 0 bridgehead atoms. The van der Waals surface area contributed by atoms with Crippen LogP contribution in [0.5, 0.6) is 0 Å². The highest BCUT2D eigenvalue weighted by Gasteiger charge is 2.21. The van der Waals surface area contributed by atoms with E-state index in [4.69, 9.17) is 10.6 Å². The Labute approximate surface area is 153 Å². The summed E-state index contributed by atoms with van der Waals surface area (Å²) in [5.41, 5.74) is 6.31. The Morgan fingerprint density at radius 1 is 1.08 bits per heavy atom. The number of nitrogens with one attached hydrogen (secondary N) is 1. The molecule has 0 spiro atoms. The van der Waals surface area contributed by atoms with Gasteiger partial charge in [0.25, 0.3) is 0 Å². The summed E-state index contributed by atoms with van der Waals surface area (Å²) in [6.07, 6.45) is 2.24. The number of benzene rings is 2. The molecule has 3 rings (SSSR count). The van der Waals surface area contributed by atoms with E-state index in [9.17, 15) is 4.79 Å². The minimum Gasteiger partial charge on any atom is -0.443 e. The fourth-order valence-electron chi connectivity index (χ4n) is 3.12. The predicted molar refractivity (Wildman–Crippen MR) is 104 cm³/mol. The highest BCUT2D eigenvalue weighted by molar-refractivity contribution is 5.94. The van der Waals surface area contributed by atoms with Crippen LogP contribution in [0.3, 0.4) is 0 Å². The molecule has 3 N–H and O–H groups in total. The minimum atomic E-state index is -0.552. The monoisotopic (exact) mass is 351 g/mol. The number of aromatic nitrogens is 1. The van der Waals surface area contributed by atoms with Crippen LogP contribution in [-0.2, 0) is 17.7 Å². The topological polar surface area (TPSA) is 69.3 Å². The van der Waals surface area contributed by atoms with Crippen LogP contribution in [0.2, 0.25) is 0 Å². The average molecular weight is 351 g/mol. The molecule has 5 heteroatoms. The van der Waals surface area contributed by atoms with Crippen LogP contribution < -0.4 is 11.3 Å². The van der Waals surface area contributed by atoms with Gasteiger partial charge in [0.05, 0.1) is 5.52 Å². The van der Waals surface area contributed by atoms with Gasteiger partial charge in [-0.05, 0) is 49.9 Å². The van der Waals surface area contributed by atoms with Crippen molar-refractivity contribution in [2.45, 2.75) is 39.3 Å². The fourth-order valence-corrected chi connectivity index (χ4v) is 3.12. The Morgan fingerprint density at radius 3 is 2.46 bits per heavy atom. The maximum atomic E-state index is 12.7. The molecule has 0 aliphatic heterocycles. The summed E-state index contributed by atoms with van der Waals surface area (Å²) in [6, 6.07) is 16.1. The van der Waals surface area contributed by atoms with Gasteiger partial charge in [-0.2, -0.15) is 0 Å². The van der Waals surface area contributed by atoms with E-state index in [1.807, 2.05) is 63.4 Å². The summed E-state index contributed by atoms with van der Waals surface area (Å²) in [5, 5.41) is 1.04. The van der Waals surface area contributed by atoms with E-state index >= 15 is 0 Å². The van der Waals surface area contributed by atoms with Crippen LogP contribution in [-0.4, -0.2) is 16.3 Å². The molecule has 0 aliphatic carbocycles. The predicted octanol–water partition coefficient (Wildman–Crippen LogP) is 3.98. The van der Waals surface area contributed by atoms with Gasteiger partial charge in [-0.25, -0.2) is 4.79 Å². The lowest BCUT2D eigenvalue weighted by Gasteiger charge is -2.19. The molecule has 0 radical (unpaired) electrons. The lowest BCUT2D eigenvalue weighted by Crippen LogP contribution is -2.26. The minimum absolute atomic E-state index is 0.375. The SMILES string of the molecule is CC(C)(C)OC(=O)n1cc(Cc2ccccc2)c2c(CNN)cccc21. The lowest BCUT2D eigenvalue weighted by atomic mass is 10.0. The van der Waals surface area contributed by atoms with Crippen molar-refractivity contribution in [1.82, 2.24) is 9.99 Å². The molecule has 2 aromatic carbocycles. The highest BCUT2D eigenvalue weighted by atomic mass is 16.6. The number of rotatable bonds is 4. The molecule has 136 valence electrons. The number of fused-ring (bicyclic) bond motifs is 1. The molecule has 0 saturated heterocycles. The van der Waals surface area contributed by atoms with Crippen molar-refractivity contribution in [2.75, 3.05) is 0 Å². The standard InChI is InChI=1S/C21H25N3O2/c1-21(2,3)26-20(25)24-14-17(12-15-8-5-4-6-9-15)19-16(13-23-22)10-7-11-18(19)24/h4-11,14,23H,12-13,22H2,1-3H3. The average Bonchev–Trinajstić information content (AvgIpc) is 2.94. The molecular weight excluding hydrogens is 326 g/mol. The number of carbonyl (C=O) groups is 1. The fraction of sp³-hybridized carbons (Fsp3) is 0.286. The third kappa shape index (κ3) is 3.95. The summed E-state index contributed by atoms with van der Waals surface area (Å²) < 4.78 is 7.18. The van der Waals surface area contributed by atoms with Crippen molar-refractivity contribution < 1.29 is 9.53 Å². The third-order valence-corrected chi connectivity index (χ3v) is 4.11. The third-order valence-electron chi connectivity index (χ3n) is 4.11. The Hall–Kier alpha value is -2.63. The van der Waals surface area contributed by atoms with Gasteiger partial charge in [-0.1, -0.05) is 42.5 Å². The summed E-state index contributed by atoms with van der Waals surface area (Å²) in [6.45, 7) is 6.12. The van der Waals surface area contributed by atoms with Gasteiger partial charge in [0.2, 0.25) is 0 Å². The summed E-state index contributed by atoms with van der Waals surface area (Å²) in [5.74, 6) is 5.56. The molecule has 1 aromatic heterocycles. The Morgan fingerprint density at radius 2 is 1.81 bits per heavy atom. The van der Waals surface area contributed by atoms with E-state index in [0.717, 1.165) is 28.5 Å². The van der Waals surface area contributed by atoms with E-state index in [1.165, 1.54) is 5.56 Å². The van der Waals surface area contributed by atoms with E-state index in [0.29, 0.717) is 6.54 Å². The van der Waals surface area contributed by atoms with E-state index in [2.05, 4.69) is 17.6 Å². The molecule has 5 nitrogen and oxygen atoms in total. The van der Waals surface area contributed by atoms with Crippen LogP contribution in [0.4, 0.5) is 4.79 Å². The Kier molecular flexibility index (Phi) is 5.11. The van der Waals surface area contributed by atoms with Crippen LogP contribution in [0.1, 0.15) is 37.5 Å². The van der Waals surface area contributed by atoms with Gasteiger partial charge in [-0.15, -0.1) is 0 Å². The second-order valence-corrected chi connectivity index (χ2v) is 7.36.